The first kappa shape index (κ1) is 22.2. The number of alkyl carbamates (subject to hydrolysis) is 1. The van der Waals surface area contributed by atoms with Gasteiger partial charge in [0.15, 0.2) is 0 Å². The predicted octanol–water partition coefficient (Wildman–Crippen LogP) is 3.03. The number of hydrogen-bond acceptors (Lipinski definition) is 5. The highest BCUT2D eigenvalue weighted by molar-refractivity contribution is 5.72. The van der Waals surface area contributed by atoms with E-state index in [1.54, 1.807) is 27.7 Å². The second-order valence-corrected chi connectivity index (χ2v) is 7.08. The first-order valence-electron chi connectivity index (χ1n) is 8.39. The van der Waals surface area contributed by atoms with Crippen molar-refractivity contribution < 1.29 is 29.0 Å². The molecule has 2 N–H and O–H groups in total. The van der Waals surface area contributed by atoms with Crippen LogP contribution in [0.3, 0.4) is 0 Å². The maximum absolute atomic E-state index is 11.9. The Balaban J connectivity index is 4.54. The number of hydrogen-bond donors (Lipinski definition) is 2. The number of esters is 1. The van der Waals surface area contributed by atoms with Gasteiger partial charge in [0.25, 0.3) is 6.29 Å². The fraction of sp³-hybridized carbons (Fsp3) is 0.824. The van der Waals surface area contributed by atoms with E-state index in [2.05, 4.69) is 5.32 Å². The lowest BCUT2D eigenvalue weighted by Crippen LogP contribution is -2.37. The van der Waals surface area contributed by atoms with E-state index in [1.807, 2.05) is 13.8 Å². The van der Waals surface area contributed by atoms with Crippen LogP contribution in [-0.4, -0.2) is 36.0 Å². The Morgan fingerprint density at radius 1 is 1.00 bits per heavy atom. The van der Waals surface area contributed by atoms with E-state index >= 15 is 0 Å². The minimum Gasteiger partial charge on any atom is -0.481 e. The molecule has 0 heterocycles. The molecule has 0 aliphatic rings. The Kier molecular flexibility index (Phi) is 10.1. The van der Waals surface area contributed by atoms with E-state index < -0.39 is 24.3 Å². The summed E-state index contributed by atoms with van der Waals surface area (Å²) >= 11 is 0. The summed E-state index contributed by atoms with van der Waals surface area (Å²) in [6.45, 7) is 11.1. The number of rotatable bonds is 10. The largest absolute Gasteiger partial charge is 0.481 e. The zero-order valence-corrected chi connectivity index (χ0v) is 15.5. The predicted molar refractivity (Wildman–Crippen MR) is 89.2 cm³/mol. The second-order valence-electron chi connectivity index (χ2n) is 7.08. The molecule has 0 spiro atoms. The number of ether oxygens (including phenoxy) is 2. The molecule has 0 aromatic heterocycles. The molecule has 0 aliphatic carbocycles. The van der Waals surface area contributed by atoms with E-state index in [9.17, 15) is 14.4 Å². The molecule has 0 aromatic carbocycles. The van der Waals surface area contributed by atoms with Crippen molar-refractivity contribution in [2.75, 3.05) is 6.54 Å². The van der Waals surface area contributed by atoms with Gasteiger partial charge >= 0.3 is 18.0 Å². The standard InChI is InChI=1S/C17H31NO6/c1-10(2)7-13(8-14(19)20)9-18-17(22)24-16(12(5)6)23-15(21)11(3)4/h10-13,16H,7-9H2,1-6H3,(H,18,22)(H,19,20)/t13-,16-/m0/s1. The average Bonchev–Trinajstić information content (AvgIpc) is 2.42. The normalized spacial score (nSPS) is 13.7. The van der Waals surface area contributed by atoms with E-state index in [-0.39, 0.29) is 30.7 Å². The number of nitrogens with one attached hydrogen (secondary N) is 1. The summed E-state index contributed by atoms with van der Waals surface area (Å²) in [5, 5.41) is 11.5. The van der Waals surface area contributed by atoms with Gasteiger partial charge < -0.3 is 19.9 Å². The number of amides is 1. The molecule has 0 rings (SSSR count). The lowest BCUT2D eigenvalue weighted by Gasteiger charge is -2.23. The van der Waals surface area contributed by atoms with Crippen LogP contribution in [0.2, 0.25) is 0 Å². The van der Waals surface area contributed by atoms with Gasteiger partial charge in [-0.3, -0.25) is 9.59 Å². The van der Waals surface area contributed by atoms with E-state index in [0.29, 0.717) is 12.3 Å². The molecule has 0 aliphatic heterocycles. The molecule has 0 fully saturated rings. The number of carboxylic acid groups (broad SMARTS) is 1. The Labute approximate surface area is 144 Å². The van der Waals surface area contributed by atoms with Gasteiger partial charge in [0.2, 0.25) is 0 Å². The number of carbonyl (C=O) groups excluding carboxylic acids is 2. The summed E-state index contributed by atoms with van der Waals surface area (Å²) in [4.78, 5) is 34.4. The molecule has 0 unspecified atom stereocenters. The highest BCUT2D eigenvalue weighted by Gasteiger charge is 2.24. The van der Waals surface area contributed by atoms with Gasteiger partial charge in [-0.25, -0.2) is 4.79 Å². The van der Waals surface area contributed by atoms with Crippen molar-refractivity contribution in [3.8, 4) is 0 Å². The van der Waals surface area contributed by atoms with Gasteiger partial charge in [-0.15, -0.1) is 0 Å². The number of aliphatic carboxylic acids is 1. The van der Waals surface area contributed by atoms with E-state index in [0.717, 1.165) is 0 Å². The molecule has 24 heavy (non-hydrogen) atoms. The van der Waals surface area contributed by atoms with Gasteiger partial charge in [0, 0.05) is 18.9 Å². The topological polar surface area (TPSA) is 102 Å². The minimum absolute atomic E-state index is 0.0194. The van der Waals surface area contributed by atoms with Gasteiger partial charge in [0.05, 0.1) is 5.92 Å². The number of carbonyl (C=O) groups is 3. The molecule has 1 amide bonds. The van der Waals surface area contributed by atoms with Gasteiger partial charge in [-0.1, -0.05) is 41.5 Å². The summed E-state index contributed by atoms with van der Waals surface area (Å²) in [6.07, 6.45) is -1.02. The van der Waals surface area contributed by atoms with Crippen molar-refractivity contribution in [1.29, 1.82) is 0 Å². The van der Waals surface area contributed by atoms with Gasteiger partial charge in [0.1, 0.15) is 0 Å². The van der Waals surface area contributed by atoms with Crippen LogP contribution < -0.4 is 5.32 Å². The Morgan fingerprint density at radius 3 is 2.00 bits per heavy atom. The Bertz CT molecular complexity index is 419. The van der Waals surface area contributed by atoms with Crippen LogP contribution in [0.25, 0.3) is 0 Å². The molecule has 2 atom stereocenters. The summed E-state index contributed by atoms with van der Waals surface area (Å²) in [6, 6.07) is 0. The maximum Gasteiger partial charge on any atom is 0.410 e. The molecule has 0 saturated carbocycles. The van der Waals surface area contributed by atoms with Crippen LogP contribution in [0.4, 0.5) is 4.79 Å². The maximum atomic E-state index is 11.9. The highest BCUT2D eigenvalue weighted by atomic mass is 16.7. The van der Waals surface area contributed by atoms with Crippen LogP contribution in [0, 0.1) is 23.7 Å². The Morgan fingerprint density at radius 2 is 1.58 bits per heavy atom. The highest BCUT2D eigenvalue weighted by Crippen LogP contribution is 2.15. The van der Waals surface area contributed by atoms with Crippen molar-refractivity contribution in [2.45, 2.75) is 60.7 Å². The average molecular weight is 345 g/mol. The molecule has 140 valence electrons. The third-order valence-corrected chi connectivity index (χ3v) is 3.27. The monoisotopic (exact) mass is 345 g/mol. The van der Waals surface area contributed by atoms with Crippen molar-refractivity contribution in [2.24, 2.45) is 23.7 Å². The van der Waals surface area contributed by atoms with Crippen molar-refractivity contribution >= 4 is 18.0 Å². The summed E-state index contributed by atoms with van der Waals surface area (Å²) in [5.41, 5.74) is 0. The second kappa shape index (κ2) is 10.9. The molecule has 7 heteroatoms. The zero-order valence-electron chi connectivity index (χ0n) is 15.5. The lowest BCUT2D eigenvalue weighted by atomic mass is 9.94. The summed E-state index contributed by atoms with van der Waals surface area (Å²) in [5.74, 6) is -1.70. The fourth-order valence-electron chi connectivity index (χ4n) is 2.07. The molecule has 7 nitrogen and oxygen atoms in total. The van der Waals surface area contributed by atoms with E-state index in [1.165, 1.54) is 0 Å². The smallest absolute Gasteiger partial charge is 0.410 e. The van der Waals surface area contributed by atoms with Crippen LogP contribution in [0.1, 0.15) is 54.4 Å². The number of carboxylic acids is 1. The first-order valence-corrected chi connectivity index (χ1v) is 8.39. The summed E-state index contributed by atoms with van der Waals surface area (Å²) in [7, 11) is 0. The van der Waals surface area contributed by atoms with Crippen LogP contribution >= 0.6 is 0 Å². The summed E-state index contributed by atoms with van der Waals surface area (Å²) < 4.78 is 10.3. The van der Waals surface area contributed by atoms with E-state index in [4.69, 9.17) is 14.6 Å². The minimum atomic E-state index is -0.970. The molecule has 0 bridgehead atoms. The van der Waals surface area contributed by atoms with Crippen molar-refractivity contribution in [3.63, 3.8) is 0 Å². The third kappa shape index (κ3) is 10.1. The SMILES string of the molecule is CC(C)C[C@H](CNC(=O)O[C@H](OC(=O)C(C)C)C(C)C)CC(=O)O. The zero-order chi connectivity index (χ0) is 18.9. The molecule has 0 aromatic rings. The van der Waals surface area contributed by atoms with Crippen LogP contribution in [0.5, 0.6) is 0 Å². The molecule has 0 saturated heterocycles. The van der Waals surface area contributed by atoms with Gasteiger partial charge in [-0.05, 0) is 18.3 Å². The van der Waals surface area contributed by atoms with Crippen LogP contribution in [-0.2, 0) is 19.1 Å². The van der Waals surface area contributed by atoms with Crippen molar-refractivity contribution in [1.82, 2.24) is 5.32 Å². The Hall–Kier alpha value is -1.79. The lowest BCUT2D eigenvalue weighted by molar-refractivity contribution is -0.178. The third-order valence-electron chi connectivity index (χ3n) is 3.27. The molecular weight excluding hydrogens is 314 g/mol. The fourth-order valence-corrected chi connectivity index (χ4v) is 2.07. The first-order chi connectivity index (χ1) is 11.0. The quantitative estimate of drug-likeness (QED) is 0.466. The molecule has 0 radical (unpaired) electrons. The molecular formula is C17H31NO6. The van der Waals surface area contributed by atoms with Crippen molar-refractivity contribution in [3.05, 3.63) is 0 Å². The van der Waals surface area contributed by atoms with Crippen LogP contribution in [0.15, 0.2) is 0 Å². The van der Waals surface area contributed by atoms with Gasteiger partial charge in [-0.2, -0.15) is 0 Å².